The van der Waals surface area contributed by atoms with Crippen molar-refractivity contribution < 1.29 is 4.74 Å². The molecule has 0 spiro atoms. The van der Waals surface area contributed by atoms with Crippen molar-refractivity contribution in [3.05, 3.63) is 62.2 Å². The van der Waals surface area contributed by atoms with Crippen molar-refractivity contribution in [2.24, 2.45) is 0 Å². The summed E-state index contributed by atoms with van der Waals surface area (Å²) in [6.07, 6.45) is 0.902. The number of benzene rings is 1. The zero-order valence-electron chi connectivity index (χ0n) is 13.5. The summed E-state index contributed by atoms with van der Waals surface area (Å²) in [5, 5.41) is 9.55. The van der Waals surface area contributed by atoms with E-state index in [1.165, 1.54) is 5.56 Å². The number of aromatic nitrogens is 4. The van der Waals surface area contributed by atoms with Gasteiger partial charge in [0.05, 0.1) is 31.6 Å². The van der Waals surface area contributed by atoms with Crippen LogP contribution in [0.15, 0.2) is 36.4 Å². The topological polar surface area (TPSA) is 44.9 Å². The Morgan fingerprint density at radius 2 is 1.83 bits per heavy atom. The van der Waals surface area contributed by atoms with Crippen LogP contribution in [0.5, 0.6) is 5.75 Å². The van der Waals surface area contributed by atoms with Gasteiger partial charge in [-0.1, -0.05) is 30.7 Å². The van der Waals surface area contributed by atoms with Crippen LogP contribution in [0.3, 0.4) is 0 Å². The molecule has 0 fully saturated rings. The minimum Gasteiger partial charge on any atom is -0.497 e. The van der Waals surface area contributed by atoms with Crippen molar-refractivity contribution in [1.29, 1.82) is 0 Å². The van der Waals surface area contributed by atoms with Crippen molar-refractivity contribution in [2.45, 2.75) is 26.4 Å². The Labute approximate surface area is 159 Å². The molecule has 1 aromatic carbocycles. The molecule has 0 saturated heterocycles. The van der Waals surface area contributed by atoms with Gasteiger partial charge < -0.3 is 4.74 Å². The number of hydrogen-bond donors (Lipinski definition) is 0. The molecule has 0 unspecified atom stereocenters. The number of halogens is 2. The summed E-state index contributed by atoms with van der Waals surface area (Å²) in [6, 6.07) is 12.0. The molecular weight excluding hydrogens is 439 g/mol. The molecule has 2 heterocycles. The summed E-state index contributed by atoms with van der Waals surface area (Å²) in [7, 11) is 1.67. The first-order valence-corrected chi connectivity index (χ1v) is 9.12. The molecule has 0 saturated carbocycles. The van der Waals surface area contributed by atoms with Crippen LogP contribution in [0.4, 0.5) is 0 Å². The van der Waals surface area contributed by atoms with Crippen LogP contribution in [-0.4, -0.2) is 26.7 Å². The van der Waals surface area contributed by atoms with E-state index < -0.39 is 0 Å². The average Bonchev–Trinajstić information content (AvgIpc) is 3.11. The fourth-order valence-electron chi connectivity index (χ4n) is 2.48. The van der Waals surface area contributed by atoms with Gasteiger partial charge in [0.2, 0.25) is 0 Å². The van der Waals surface area contributed by atoms with E-state index in [1.54, 1.807) is 7.11 Å². The van der Waals surface area contributed by atoms with Crippen LogP contribution in [0, 0.1) is 3.70 Å². The standard InChI is InChI=1S/C17H18ClIN4O/c1-3-13-8-14(11-23-17(19)9-16(18)21-23)22(20-13)10-12-4-6-15(24-2)7-5-12/h4-9H,3,10-11H2,1-2H3. The van der Waals surface area contributed by atoms with Crippen LogP contribution < -0.4 is 4.74 Å². The van der Waals surface area contributed by atoms with Crippen LogP contribution in [-0.2, 0) is 19.5 Å². The third-order valence-corrected chi connectivity index (χ3v) is 4.83. The Kier molecular flexibility index (Phi) is 5.45. The van der Waals surface area contributed by atoms with E-state index in [-0.39, 0.29) is 0 Å². The fraction of sp³-hybridized carbons (Fsp3) is 0.294. The molecule has 0 bridgehead atoms. The van der Waals surface area contributed by atoms with Gasteiger partial charge in [-0.2, -0.15) is 10.2 Å². The summed E-state index contributed by atoms with van der Waals surface area (Å²) >= 11 is 8.23. The summed E-state index contributed by atoms with van der Waals surface area (Å²) < 4.78 is 10.1. The van der Waals surface area contributed by atoms with E-state index in [0.717, 1.165) is 27.3 Å². The first-order chi connectivity index (χ1) is 11.6. The zero-order valence-corrected chi connectivity index (χ0v) is 16.5. The summed E-state index contributed by atoms with van der Waals surface area (Å²) in [5.74, 6) is 0.856. The number of nitrogens with zero attached hydrogens (tertiary/aromatic N) is 4. The van der Waals surface area contributed by atoms with E-state index in [2.05, 4.69) is 52.8 Å². The van der Waals surface area contributed by atoms with Crippen molar-refractivity contribution in [3.8, 4) is 5.75 Å². The Balaban J connectivity index is 1.86. The second-order valence-electron chi connectivity index (χ2n) is 5.43. The first kappa shape index (κ1) is 17.3. The molecule has 0 aliphatic rings. The molecule has 0 N–H and O–H groups in total. The van der Waals surface area contributed by atoms with Crippen molar-refractivity contribution in [3.63, 3.8) is 0 Å². The van der Waals surface area contributed by atoms with E-state index in [0.29, 0.717) is 18.2 Å². The Morgan fingerprint density at radius 1 is 1.08 bits per heavy atom. The Hall–Kier alpha value is -1.54. The number of ether oxygens (including phenoxy) is 1. The number of methoxy groups -OCH3 is 1. The number of hydrogen-bond acceptors (Lipinski definition) is 3. The molecule has 0 radical (unpaired) electrons. The summed E-state index contributed by atoms with van der Waals surface area (Å²) in [5.41, 5.74) is 3.36. The first-order valence-electron chi connectivity index (χ1n) is 7.66. The molecule has 7 heteroatoms. The number of rotatable bonds is 6. The van der Waals surface area contributed by atoms with Crippen LogP contribution in [0.2, 0.25) is 5.15 Å². The lowest BCUT2D eigenvalue weighted by Crippen LogP contribution is -2.12. The van der Waals surface area contributed by atoms with E-state index >= 15 is 0 Å². The van der Waals surface area contributed by atoms with Crippen molar-refractivity contribution >= 4 is 34.2 Å². The summed E-state index contributed by atoms with van der Waals surface area (Å²) in [4.78, 5) is 0. The molecule has 126 valence electrons. The third-order valence-electron chi connectivity index (χ3n) is 3.78. The highest BCUT2D eigenvalue weighted by molar-refractivity contribution is 14.1. The van der Waals surface area contributed by atoms with Gasteiger partial charge in [0.15, 0.2) is 5.15 Å². The second kappa shape index (κ2) is 7.57. The molecule has 0 aliphatic carbocycles. The largest absolute Gasteiger partial charge is 0.497 e. The SMILES string of the molecule is CCc1cc(Cn2nc(Cl)cc2I)n(Cc2ccc(OC)cc2)n1. The maximum Gasteiger partial charge on any atom is 0.152 e. The maximum atomic E-state index is 5.99. The summed E-state index contributed by atoms with van der Waals surface area (Å²) in [6.45, 7) is 3.47. The van der Waals surface area contributed by atoms with E-state index in [1.807, 2.05) is 27.6 Å². The fourth-order valence-corrected chi connectivity index (χ4v) is 3.44. The van der Waals surface area contributed by atoms with Gasteiger partial charge in [-0.25, -0.2) is 0 Å². The van der Waals surface area contributed by atoms with Gasteiger partial charge in [0, 0.05) is 6.07 Å². The molecule has 5 nitrogen and oxygen atoms in total. The molecule has 3 rings (SSSR count). The Bertz CT molecular complexity index is 826. The lowest BCUT2D eigenvalue weighted by Gasteiger charge is -2.09. The minimum atomic E-state index is 0.510. The van der Waals surface area contributed by atoms with Gasteiger partial charge in [-0.15, -0.1) is 0 Å². The van der Waals surface area contributed by atoms with E-state index in [9.17, 15) is 0 Å². The molecule has 0 amide bonds. The maximum absolute atomic E-state index is 5.99. The quantitative estimate of drug-likeness (QED) is 0.527. The molecule has 0 aliphatic heterocycles. The highest BCUT2D eigenvalue weighted by Crippen LogP contribution is 2.17. The van der Waals surface area contributed by atoms with Crippen molar-refractivity contribution in [1.82, 2.24) is 19.6 Å². The third kappa shape index (κ3) is 3.92. The van der Waals surface area contributed by atoms with Gasteiger partial charge in [0.1, 0.15) is 9.45 Å². The van der Waals surface area contributed by atoms with Crippen molar-refractivity contribution in [2.75, 3.05) is 7.11 Å². The van der Waals surface area contributed by atoms with Gasteiger partial charge >= 0.3 is 0 Å². The highest BCUT2D eigenvalue weighted by Gasteiger charge is 2.11. The molecule has 2 aromatic heterocycles. The van der Waals surface area contributed by atoms with Crippen LogP contribution in [0.25, 0.3) is 0 Å². The minimum absolute atomic E-state index is 0.510. The predicted molar refractivity (Wildman–Crippen MR) is 103 cm³/mol. The van der Waals surface area contributed by atoms with E-state index in [4.69, 9.17) is 21.4 Å². The van der Waals surface area contributed by atoms with Gasteiger partial charge in [-0.3, -0.25) is 9.36 Å². The van der Waals surface area contributed by atoms with Gasteiger partial charge in [0.25, 0.3) is 0 Å². The second-order valence-corrected chi connectivity index (χ2v) is 6.93. The molecular formula is C17H18ClIN4O. The molecule has 24 heavy (non-hydrogen) atoms. The normalized spacial score (nSPS) is 11.0. The van der Waals surface area contributed by atoms with Gasteiger partial charge in [-0.05, 0) is 52.8 Å². The highest BCUT2D eigenvalue weighted by atomic mass is 127. The molecule has 3 aromatic rings. The lowest BCUT2D eigenvalue weighted by atomic mass is 10.2. The lowest BCUT2D eigenvalue weighted by molar-refractivity contribution is 0.414. The average molecular weight is 457 g/mol. The number of aryl methyl sites for hydroxylation is 1. The monoisotopic (exact) mass is 456 g/mol. The predicted octanol–water partition coefficient (Wildman–Crippen LogP) is 4.01. The van der Waals surface area contributed by atoms with Crippen LogP contribution >= 0.6 is 34.2 Å². The Morgan fingerprint density at radius 3 is 2.42 bits per heavy atom. The van der Waals surface area contributed by atoms with Crippen LogP contribution in [0.1, 0.15) is 23.9 Å². The molecule has 0 atom stereocenters. The smallest absolute Gasteiger partial charge is 0.152 e. The zero-order chi connectivity index (χ0) is 17.1.